The minimum Gasteiger partial charge on any atom is -0.378 e. The van der Waals surface area contributed by atoms with E-state index in [-0.39, 0.29) is 18.2 Å². The van der Waals surface area contributed by atoms with Crippen LogP contribution in [0.15, 0.2) is 54.7 Å². The van der Waals surface area contributed by atoms with Crippen molar-refractivity contribution in [2.45, 2.75) is 13.1 Å². The van der Waals surface area contributed by atoms with Crippen LogP contribution in [0.4, 0.5) is 10.2 Å². The van der Waals surface area contributed by atoms with E-state index >= 15 is 0 Å². The fourth-order valence-corrected chi connectivity index (χ4v) is 4.23. The Hall–Kier alpha value is -1.99. The predicted octanol–water partition coefficient (Wildman–Crippen LogP) is 4.50. The summed E-state index contributed by atoms with van der Waals surface area (Å²) < 4.78 is 19.4. The molecule has 0 spiro atoms. The number of anilines is 1. The zero-order chi connectivity index (χ0) is 18.5. The van der Waals surface area contributed by atoms with Gasteiger partial charge in [0.05, 0.1) is 13.2 Å². The SMILES string of the molecule is Cl.Fc1ccccc1-c1ccc(CNCc2cccnc2N2CCOCC2)s1. The number of benzene rings is 1. The molecule has 1 aliphatic rings. The van der Waals surface area contributed by atoms with Gasteiger partial charge in [-0.15, -0.1) is 23.7 Å². The molecule has 0 atom stereocenters. The molecule has 1 saturated heterocycles. The van der Waals surface area contributed by atoms with Crippen LogP contribution in [0.1, 0.15) is 10.4 Å². The van der Waals surface area contributed by atoms with Gasteiger partial charge in [-0.05, 0) is 24.3 Å². The Kier molecular flexibility index (Phi) is 7.39. The highest BCUT2D eigenvalue weighted by Crippen LogP contribution is 2.30. The summed E-state index contributed by atoms with van der Waals surface area (Å²) in [6.07, 6.45) is 1.84. The summed E-state index contributed by atoms with van der Waals surface area (Å²) in [4.78, 5) is 9.00. The Balaban J connectivity index is 0.00000225. The number of hydrogen-bond donors (Lipinski definition) is 1. The second-order valence-corrected chi connectivity index (χ2v) is 7.60. The van der Waals surface area contributed by atoms with E-state index in [2.05, 4.69) is 27.3 Å². The molecular formula is C21H23ClFN3OS. The lowest BCUT2D eigenvalue weighted by Gasteiger charge is -2.29. The lowest BCUT2D eigenvalue weighted by molar-refractivity contribution is 0.122. The first-order valence-corrected chi connectivity index (χ1v) is 9.94. The van der Waals surface area contributed by atoms with Crippen LogP contribution in [0.25, 0.3) is 10.4 Å². The quantitative estimate of drug-likeness (QED) is 0.638. The number of nitrogens with one attached hydrogen (secondary N) is 1. The van der Waals surface area contributed by atoms with Crippen molar-refractivity contribution in [3.8, 4) is 10.4 Å². The third kappa shape index (κ3) is 4.89. The summed E-state index contributed by atoms with van der Waals surface area (Å²) in [6, 6.07) is 15.0. The van der Waals surface area contributed by atoms with E-state index in [4.69, 9.17) is 4.74 Å². The largest absolute Gasteiger partial charge is 0.378 e. The third-order valence-corrected chi connectivity index (χ3v) is 5.71. The normalized spacial score (nSPS) is 14.0. The molecule has 0 unspecified atom stereocenters. The number of nitrogens with zero attached hydrogens (tertiary/aromatic N) is 2. The molecule has 2 aromatic heterocycles. The molecule has 1 aromatic carbocycles. The van der Waals surface area contributed by atoms with Crippen molar-refractivity contribution in [1.29, 1.82) is 0 Å². The first kappa shape index (κ1) is 20.7. The molecule has 0 aliphatic carbocycles. The third-order valence-electron chi connectivity index (χ3n) is 4.59. The van der Waals surface area contributed by atoms with Crippen LogP contribution in [0.2, 0.25) is 0 Å². The lowest BCUT2D eigenvalue weighted by atomic mass is 10.2. The molecule has 3 aromatic rings. The van der Waals surface area contributed by atoms with Gasteiger partial charge in [-0.25, -0.2) is 9.37 Å². The van der Waals surface area contributed by atoms with Crippen molar-refractivity contribution < 1.29 is 9.13 Å². The maximum atomic E-state index is 13.9. The van der Waals surface area contributed by atoms with Crippen LogP contribution in [0.5, 0.6) is 0 Å². The number of morpholine rings is 1. The van der Waals surface area contributed by atoms with E-state index in [9.17, 15) is 4.39 Å². The Morgan fingerprint density at radius 2 is 1.86 bits per heavy atom. The molecule has 0 bridgehead atoms. The summed E-state index contributed by atoms with van der Waals surface area (Å²) in [5, 5.41) is 3.50. The van der Waals surface area contributed by atoms with Gasteiger partial charge in [-0.2, -0.15) is 0 Å². The number of halogens is 2. The monoisotopic (exact) mass is 419 g/mol. The van der Waals surface area contributed by atoms with Gasteiger partial charge >= 0.3 is 0 Å². The average Bonchev–Trinajstić information content (AvgIpc) is 3.18. The standard InChI is InChI=1S/C21H22FN3OS.ClH/c22-19-6-2-1-5-18(19)20-8-7-17(27-20)15-23-14-16-4-3-9-24-21(16)25-10-12-26-13-11-25;/h1-9,23H,10-15H2;1H. The van der Waals surface area contributed by atoms with Crippen molar-refractivity contribution in [1.82, 2.24) is 10.3 Å². The molecule has 1 aliphatic heterocycles. The number of pyridine rings is 1. The highest BCUT2D eigenvalue weighted by Gasteiger charge is 2.15. The maximum Gasteiger partial charge on any atom is 0.133 e. The van der Waals surface area contributed by atoms with Crippen LogP contribution in [-0.2, 0) is 17.8 Å². The Morgan fingerprint density at radius 1 is 1.04 bits per heavy atom. The fraction of sp³-hybridized carbons (Fsp3) is 0.286. The summed E-state index contributed by atoms with van der Waals surface area (Å²) in [5.41, 5.74) is 1.85. The Bertz CT molecular complexity index is 899. The van der Waals surface area contributed by atoms with E-state index in [1.807, 2.05) is 30.5 Å². The number of hydrogen-bond acceptors (Lipinski definition) is 5. The fourth-order valence-electron chi connectivity index (χ4n) is 3.23. The molecule has 7 heteroatoms. The second kappa shape index (κ2) is 9.98. The Morgan fingerprint density at radius 3 is 2.68 bits per heavy atom. The second-order valence-electron chi connectivity index (χ2n) is 6.43. The summed E-state index contributed by atoms with van der Waals surface area (Å²) in [5.74, 6) is 0.857. The minimum absolute atomic E-state index is 0. The average molecular weight is 420 g/mol. The van der Waals surface area contributed by atoms with Gasteiger partial charge in [0.1, 0.15) is 11.6 Å². The Labute approximate surface area is 174 Å². The number of ether oxygens (including phenoxy) is 1. The number of thiophene rings is 1. The molecule has 4 nitrogen and oxygen atoms in total. The van der Waals surface area contributed by atoms with E-state index in [1.54, 1.807) is 17.4 Å². The van der Waals surface area contributed by atoms with Crippen molar-refractivity contribution in [2.75, 3.05) is 31.2 Å². The van der Waals surface area contributed by atoms with E-state index < -0.39 is 0 Å². The smallest absolute Gasteiger partial charge is 0.133 e. The van der Waals surface area contributed by atoms with Gasteiger partial charge in [-0.1, -0.05) is 24.3 Å². The highest BCUT2D eigenvalue weighted by atomic mass is 35.5. The van der Waals surface area contributed by atoms with E-state index in [0.717, 1.165) is 50.1 Å². The summed E-state index contributed by atoms with van der Waals surface area (Å²) in [7, 11) is 0. The van der Waals surface area contributed by atoms with Gasteiger partial charge in [0.25, 0.3) is 0 Å². The van der Waals surface area contributed by atoms with Crippen molar-refractivity contribution in [2.24, 2.45) is 0 Å². The maximum absolute atomic E-state index is 13.9. The summed E-state index contributed by atoms with van der Waals surface area (Å²) >= 11 is 1.62. The van der Waals surface area contributed by atoms with Gasteiger partial charge in [0.2, 0.25) is 0 Å². The van der Waals surface area contributed by atoms with Crippen LogP contribution >= 0.6 is 23.7 Å². The molecule has 4 rings (SSSR count). The highest BCUT2D eigenvalue weighted by molar-refractivity contribution is 7.15. The molecule has 148 valence electrons. The van der Waals surface area contributed by atoms with Crippen molar-refractivity contribution in [3.05, 3.63) is 71.0 Å². The van der Waals surface area contributed by atoms with Crippen molar-refractivity contribution >= 4 is 29.6 Å². The molecule has 1 N–H and O–H groups in total. The van der Waals surface area contributed by atoms with E-state index in [1.165, 1.54) is 16.5 Å². The van der Waals surface area contributed by atoms with Crippen molar-refractivity contribution in [3.63, 3.8) is 0 Å². The molecule has 0 saturated carbocycles. The van der Waals surface area contributed by atoms with Crippen LogP contribution in [0.3, 0.4) is 0 Å². The number of aromatic nitrogens is 1. The molecule has 0 radical (unpaired) electrons. The molecular weight excluding hydrogens is 397 g/mol. The molecule has 0 amide bonds. The number of rotatable bonds is 6. The van der Waals surface area contributed by atoms with Gasteiger partial charge in [-0.3, -0.25) is 0 Å². The lowest BCUT2D eigenvalue weighted by Crippen LogP contribution is -2.37. The minimum atomic E-state index is -0.177. The van der Waals surface area contributed by atoms with Gasteiger partial charge in [0, 0.05) is 53.3 Å². The molecule has 3 heterocycles. The predicted molar refractivity (Wildman–Crippen MR) is 115 cm³/mol. The summed E-state index contributed by atoms with van der Waals surface area (Å²) in [6.45, 7) is 4.74. The van der Waals surface area contributed by atoms with E-state index in [0.29, 0.717) is 5.56 Å². The first-order chi connectivity index (χ1) is 13.3. The topological polar surface area (TPSA) is 37.4 Å². The zero-order valence-electron chi connectivity index (χ0n) is 15.4. The molecule has 1 fully saturated rings. The van der Waals surface area contributed by atoms with Gasteiger partial charge < -0.3 is 15.0 Å². The molecule has 28 heavy (non-hydrogen) atoms. The van der Waals surface area contributed by atoms with Gasteiger partial charge in [0.15, 0.2) is 0 Å². The van der Waals surface area contributed by atoms with Crippen LogP contribution in [0, 0.1) is 5.82 Å². The first-order valence-electron chi connectivity index (χ1n) is 9.12. The zero-order valence-corrected chi connectivity index (χ0v) is 17.1. The van der Waals surface area contributed by atoms with Crippen LogP contribution < -0.4 is 10.2 Å². The van der Waals surface area contributed by atoms with Crippen LogP contribution in [-0.4, -0.2) is 31.3 Å².